The topological polar surface area (TPSA) is 49.3 Å². The quantitative estimate of drug-likeness (QED) is 0.856. The van der Waals surface area contributed by atoms with Crippen molar-refractivity contribution in [3.8, 4) is 11.8 Å². The van der Waals surface area contributed by atoms with E-state index in [1.807, 2.05) is 0 Å². The van der Waals surface area contributed by atoms with Crippen LogP contribution in [0.3, 0.4) is 0 Å². The lowest BCUT2D eigenvalue weighted by atomic mass is 10.2. The summed E-state index contributed by atoms with van der Waals surface area (Å²) in [4.78, 5) is 12.9. The molecule has 1 aromatic heterocycles. The van der Waals surface area contributed by atoms with Gasteiger partial charge in [0.25, 0.3) is 5.91 Å². The summed E-state index contributed by atoms with van der Waals surface area (Å²) in [5, 5.41) is 13.0. The number of anilines is 1. The lowest BCUT2D eigenvalue weighted by molar-refractivity contribution is 0.102. The minimum atomic E-state index is -0.353. The van der Waals surface area contributed by atoms with E-state index in [1.54, 1.807) is 30.5 Å². The predicted molar refractivity (Wildman–Crippen MR) is 82.0 cm³/mol. The van der Waals surface area contributed by atoms with Crippen molar-refractivity contribution < 1.29 is 14.3 Å². The maximum absolute atomic E-state index is 13.4. The van der Waals surface area contributed by atoms with Crippen LogP contribution in [0.4, 0.5) is 10.1 Å². The Morgan fingerprint density at radius 3 is 3.05 bits per heavy atom. The number of carbonyl (C=O) groups is 1. The van der Waals surface area contributed by atoms with Gasteiger partial charge >= 0.3 is 0 Å². The number of benzene rings is 1. The molecular weight excluding hydrogens is 289 g/mol. The number of aliphatic hydroxyl groups is 1. The maximum atomic E-state index is 13.4. The fourth-order valence-electron chi connectivity index (χ4n) is 1.66. The zero-order valence-corrected chi connectivity index (χ0v) is 12.3. The first-order chi connectivity index (χ1) is 10.1. The molecule has 0 saturated heterocycles. The Morgan fingerprint density at radius 2 is 2.29 bits per heavy atom. The smallest absolute Gasteiger partial charge is 0.256 e. The number of amides is 1. The Hall–Kier alpha value is -2.16. The number of thiophene rings is 1. The molecule has 1 amide bonds. The number of rotatable bonds is 3. The van der Waals surface area contributed by atoms with E-state index in [1.165, 1.54) is 17.4 Å². The lowest BCUT2D eigenvalue weighted by Crippen LogP contribution is -2.12. The van der Waals surface area contributed by atoms with Crippen molar-refractivity contribution in [1.29, 1.82) is 0 Å². The van der Waals surface area contributed by atoms with Crippen LogP contribution >= 0.6 is 11.3 Å². The number of aliphatic hydroxyl groups excluding tert-OH is 1. The van der Waals surface area contributed by atoms with Crippen LogP contribution < -0.4 is 5.32 Å². The first kappa shape index (κ1) is 15.2. The number of hydrogen-bond acceptors (Lipinski definition) is 3. The van der Waals surface area contributed by atoms with Crippen molar-refractivity contribution in [3.05, 3.63) is 51.5 Å². The van der Waals surface area contributed by atoms with Crippen molar-refractivity contribution >= 4 is 22.9 Å². The molecule has 0 aliphatic carbocycles. The van der Waals surface area contributed by atoms with Crippen LogP contribution in [0.5, 0.6) is 0 Å². The third-order valence-electron chi connectivity index (χ3n) is 2.83. The Labute approximate surface area is 126 Å². The molecule has 0 bridgehead atoms. The van der Waals surface area contributed by atoms with E-state index in [0.29, 0.717) is 23.2 Å². The molecule has 2 N–H and O–H groups in total. The molecular formula is C16H14FNO2S. The van der Waals surface area contributed by atoms with Gasteiger partial charge in [0.1, 0.15) is 5.82 Å². The Morgan fingerprint density at radius 1 is 1.48 bits per heavy atom. The number of halogens is 1. The van der Waals surface area contributed by atoms with Crippen LogP contribution in [-0.2, 0) is 0 Å². The van der Waals surface area contributed by atoms with Gasteiger partial charge in [-0.3, -0.25) is 4.79 Å². The van der Waals surface area contributed by atoms with Gasteiger partial charge < -0.3 is 10.4 Å². The third-order valence-corrected chi connectivity index (χ3v) is 3.67. The van der Waals surface area contributed by atoms with Gasteiger partial charge in [-0.05, 0) is 25.1 Å². The van der Waals surface area contributed by atoms with Crippen molar-refractivity contribution in [2.45, 2.75) is 13.3 Å². The summed E-state index contributed by atoms with van der Waals surface area (Å²) in [6.07, 6.45) is 0.405. The molecule has 108 valence electrons. The highest BCUT2D eigenvalue weighted by Gasteiger charge is 2.11. The Bertz CT molecular complexity index is 713. The van der Waals surface area contributed by atoms with Gasteiger partial charge in [-0.15, -0.1) is 11.3 Å². The molecule has 1 heterocycles. The van der Waals surface area contributed by atoms with E-state index in [4.69, 9.17) is 5.11 Å². The van der Waals surface area contributed by atoms with E-state index in [2.05, 4.69) is 17.2 Å². The fraction of sp³-hybridized carbons (Fsp3) is 0.188. The van der Waals surface area contributed by atoms with E-state index in [-0.39, 0.29) is 18.3 Å². The highest BCUT2D eigenvalue weighted by atomic mass is 32.1. The van der Waals surface area contributed by atoms with Crippen LogP contribution in [-0.4, -0.2) is 17.6 Å². The zero-order chi connectivity index (χ0) is 15.2. The fourth-order valence-corrected chi connectivity index (χ4v) is 2.42. The van der Waals surface area contributed by atoms with E-state index in [0.717, 1.165) is 4.88 Å². The molecule has 5 heteroatoms. The third kappa shape index (κ3) is 3.91. The van der Waals surface area contributed by atoms with Crippen LogP contribution in [0.25, 0.3) is 0 Å². The van der Waals surface area contributed by atoms with Gasteiger partial charge in [0.05, 0.1) is 17.0 Å². The second-order valence-corrected chi connectivity index (χ2v) is 5.25. The molecule has 0 radical (unpaired) electrons. The van der Waals surface area contributed by atoms with Crippen molar-refractivity contribution in [2.75, 3.05) is 11.9 Å². The summed E-state index contributed by atoms with van der Waals surface area (Å²) >= 11 is 1.36. The summed E-state index contributed by atoms with van der Waals surface area (Å²) in [5.74, 6) is 5.02. The van der Waals surface area contributed by atoms with Gasteiger partial charge in [-0.25, -0.2) is 4.39 Å². The number of carbonyl (C=O) groups excluding carboxylic acids is 1. The average molecular weight is 303 g/mol. The summed E-state index contributed by atoms with van der Waals surface area (Å²) in [6.45, 7) is 1.63. The van der Waals surface area contributed by atoms with Gasteiger partial charge in [-0.2, -0.15) is 0 Å². The van der Waals surface area contributed by atoms with Crippen molar-refractivity contribution in [2.24, 2.45) is 0 Å². The standard InChI is InChI=1S/C16H14FNO2S/c1-11-14(17)6-4-7-15(11)18-16(20)12-9-13(21-10-12)5-2-3-8-19/h4,6-7,9-10,19H,3,8H2,1H3,(H,18,20). The molecule has 0 aliphatic heterocycles. The second kappa shape index (κ2) is 7.02. The van der Waals surface area contributed by atoms with Crippen LogP contribution in [0.15, 0.2) is 29.6 Å². The normalized spacial score (nSPS) is 9.86. The summed E-state index contributed by atoms with van der Waals surface area (Å²) in [6, 6.07) is 6.24. The summed E-state index contributed by atoms with van der Waals surface area (Å²) < 4.78 is 13.4. The summed E-state index contributed by atoms with van der Waals surface area (Å²) in [7, 11) is 0. The Kier molecular flexibility index (Phi) is 5.09. The van der Waals surface area contributed by atoms with Crippen molar-refractivity contribution in [3.63, 3.8) is 0 Å². The first-order valence-corrected chi connectivity index (χ1v) is 7.24. The van der Waals surface area contributed by atoms with Gasteiger partial charge in [0, 0.05) is 23.1 Å². The largest absolute Gasteiger partial charge is 0.395 e. The molecule has 0 atom stereocenters. The molecule has 21 heavy (non-hydrogen) atoms. The predicted octanol–water partition coefficient (Wildman–Crippen LogP) is 3.18. The molecule has 2 aromatic rings. The van der Waals surface area contributed by atoms with Gasteiger partial charge in [0.15, 0.2) is 0 Å². The molecule has 1 aromatic carbocycles. The highest BCUT2D eigenvalue weighted by molar-refractivity contribution is 7.10. The molecule has 0 spiro atoms. The Balaban J connectivity index is 2.11. The van der Waals surface area contributed by atoms with E-state index in [9.17, 15) is 9.18 Å². The number of nitrogens with one attached hydrogen (secondary N) is 1. The number of hydrogen-bond donors (Lipinski definition) is 2. The van der Waals surface area contributed by atoms with Crippen LogP contribution in [0, 0.1) is 24.6 Å². The van der Waals surface area contributed by atoms with Gasteiger partial charge in [0.2, 0.25) is 0 Å². The zero-order valence-electron chi connectivity index (χ0n) is 11.4. The molecule has 2 rings (SSSR count). The highest BCUT2D eigenvalue weighted by Crippen LogP contribution is 2.20. The molecule has 0 saturated carbocycles. The second-order valence-electron chi connectivity index (χ2n) is 4.34. The minimum Gasteiger partial charge on any atom is -0.395 e. The molecule has 0 unspecified atom stereocenters. The van der Waals surface area contributed by atoms with Crippen molar-refractivity contribution in [1.82, 2.24) is 0 Å². The SMILES string of the molecule is Cc1c(F)cccc1NC(=O)c1csc(C#CCCO)c1. The molecule has 0 aliphatic rings. The summed E-state index contributed by atoms with van der Waals surface area (Å²) in [5.41, 5.74) is 1.35. The monoisotopic (exact) mass is 303 g/mol. The molecule has 3 nitrogen and oxygen atoms in total. The maximum Gasteiger partial charge on any atom is 0.256 e. The van der Waals surface area contributed by atoms with Crippen LogP contribution in [0.2, 0.25) is 0 Å². The minimum absolute atomic E-state index is 0.0184. The van der Waals surface area contributed by atoms with E-state index >= 15 is 0 Å². The first-order valence-electron chi connectivity index (χ1n) is 6.36. The lowest BCUT2D eigenvalue weighted by Gasteiger charge is -2.07. The van der Waals surface area contributed by atoms with Gasteiger partial charge in [-0.1, -0.05) is 17.9 Å². The molecule has 0 fully saturated rings. The average Bonchev–Trinajstić information content (AvgIpc) is 2.93. The van der Waals surface area contributed by atoms with Crippen LogP contribution in [0.1, 0.15) is 27.2 Å². The van der Waals surface area contributed by atoms with E-state index < -0.39 is 0 Å².